The summed E-state index contributed by atoms with van der Waals surface area (Å²) in [5, 5.41) is 25.3. The van der Waals surface area contributed by atoms with Gasteiger partial charge in [-0.3, -0.25) is 14.9 Å². The highest BCUT2D eigenvalue weighted by Gasteiger charge is 2.11. The third-order valence-corrected chi connectivity index (χ3v) is 3.46. The first-order valence-electron chi connectivity index (χ1n) is 7.71. The number of carbonyl (C=O) groups is 1. The van der Waals surface area contributed by atoms with E-state index in [1.165, 1.54) is 30.5 Å². The molecule has 0 unspecified atom stereocenters. The van der Waals surface area contributed by atoms with E-state index in [9.17, 15) is 14.9 Å². The Balaban J connectivity index is 2.01. The number of hydrogen-bond acceptors (Lipinski definition) is 6. The summed E-state index contributed by atoms with van der Waals surface area (Å²) in [6.07, 6.45) is 1.31. The molecule has 0 saturated heterocycles. The Bertz CT molecular complexity index is 886. The third kappa shape index (κ3) is 5.15. The molecule has 0 aromatic heterocycles. The molecule has 0 heterocycles. The molecule has 0 saturated carbocycles. The highest BCUT2D eigenvalue weighted by Crippen LogP contribution is 2.17. The van der Waals surface area contributed by atoms with Crippen molar-refractivity contribution >= 4 is 17.3 Å². The zero-order chi connectivity index (χ0) is 18.9. The molecule has 0 aliphatic heterocycles. The zero-order valence-electron chi connectivity index (χ0n) is 13.8. The minimum absolute atomic E-state index is 0.147. The maximum atomic E-state index is 12.1. The molecule has 0 atom stereocenters. The average molecular weight is 351 g/mol. The maximum absolute atomic E-state index is 12.1. The Kier molecular flexibility index (Phi) is 6.42. The summed E-state index contributed by atoms with van der Waals surface area (Å²) in [6.45, 7) is 0.849. The number of nitrogens with one attached hydrogen (secondary N) is 2. The number of benzene rings is 2. The van der Waals surface area contributed by atoms with Crippen LogP contribution in [0.1, 0.15) is 11.1 Å². The van der Waals surface area contributed by atoms with E-state index in [0.717, 1.165) is 11.1 Å². The number of nitriles is 1. The molecule has 0 fully saturated rings. The maximum Gasteiger partial charge on any atom is 0.271 e. The van der Waals surface area contributed by atoms with E-state index in [1.54, 1.807) is 6.07 Å². The first-order valence-corrected chi connectivity index (χ1v) is 7.71. The van der Waals surface area contributed by atoms with Gasteiger partial charge in [-0.05, 0) is 17.2 Å². The van der Waals surface area contributed by atoms with Gasteiger partial charge in [0.05, 0.1) is 4.92 Å². The van der Waals surface area contributed by atoms with E-state index < -0.39 is 10.8 Å². The summed E-state index contributed by atoms with van der Waals surface area (Å²) in [5.74, 6) is -0.656. The largest absolute Gasteiger partial charge is 0.386 e. The average Bonchev–Trinajstić information content (AvgIpc) is 2.65. The van der Waals surface area contributed by atoms with Crippen molar-refractivity contribution in [2.24, 2.45) is 5.73 Å². The Morgan fingerprint density at radius 2 is 1.96 bits per heavy atom. The van der Waals surface area contributed by atoms with E-state index in [-0.39, 0.29) is 16.9 Å². The van der Waals surface area contributed by atoms with Gasteiger partial charge in [0.25, 0.3) is 11.6 Å². The molecule has 0 aliphatic rings. The molecule has 4 N–H and O–H groups in total. The van der Waals surface area contributed by atoms with Gasteiger partial charge in [0, 0.05) is 37.1 Å². The van der Waals surface area contributed by atoms with Gasteiger partial charge in [-0.25, -0.2) is 0 Å². The highest BCUT2D eigenvalue weighted by atomic mass is 16.6. The van der Waals surface area contributed by atoms with E-state index in [0.29, 0.717) is 13.1 Å². The van der Waals surface area contributed by atoms with Gasteiger partial charge < -0.3 is 16.4 Å². The quantitative estimate of drug-likeness (QED) is 0.303. The smallest absolute Gasteiger partial charge is 0.271 e. The van der Waals surface area contributed by atoms with Crippen LogP contribution in [0.15, 0.2) is 60.3 Å². The van der Waals surface area contributed by atoms with Crippen molar-refractivity contribution in [3.63, 3.8) is 0 Å². The van der Waals surface area contributed by atoms with Gasteiger partial charge in [-0.1, -0.05) is 30.3 Å². The van der Waals surface area contributed by atoms with Gasteiger partial charge in [0.15, 0.2) is 0 Å². The Labute approximate surface area is 150 Å². The molecular formula is C18H17N5O3. The van der Waals surface area contributed by atoms with Crippen LogP contribution in [0.5, 0.6) is 0 Å². The summed E-state index contributed by atoms with van der Waals surface area (Å²) in [5.41, 5.74) is 7.47. The van der Waals surface area contributed by atoms with Crippen molar-refractivity contribution in [2.75, 3.05) is 5.32 Å². The number of non-ortho nitro benzene ring substituents is 1. The molecule has 0 bridgehead atoms. The van der Waals surface area contributed by atoms with Gasteiger partial charge in [-0.2, -0.15) is 5.26 Å². The lowest BCUT2D eigenvalue weighted by Gasteiger charge is -2.06. The van der Waals surface area contributed by atoms with Gasteiger partial charge in [0.1, 0.15) is 11.6 Å². The number of amides is 1. The van der Waals surface area contributed by atoms with Crippen molar-refractivity contribution in [1.82, 2.24) is 5.32 Å². The normalized spacial score (nSPS) is 10.7. The van der Waals surface area contributed by atoms with Crippen LogP contribution in [0.4, 0.5) is 11.4 Å². The summed E-state index contributed by atoms with van der Waals surface area (Å²) in [6, 6.07) is 14.9. The standard InChI is InChI=1S/C18H17N5O3/c19-9-13-3-1-4-14(7-13)11-21-12-15(10-20)18(24)22-16-5-2-6-17(8-16)23(25)26/h1-8,12,21H,9,11,19H2,(H,22,24)/b15-12-. The number of nitro groups is 1. The number of hydrogen-bond donors (Lipinski definition) is 3. The number of nitro benzene ring substituents is 1. The molecule has 2 rings (SSSR count). The SMILES string of the molecule is N#C/C(=C/NCc1cccc(CN)c1)C(=O)Nc1cccc([N+](=O)[O-])c1. The van der Waals surface area contributed by atoms with Gasteiger partial charge >= 0.3 is 0 Å². The van der Waals surface area contributed by atoms with Crippen molar-refractivity contribution in [3.8, 4) is 6.07 Å². The van der Waals surface area contributed by atoms with Crippen molar-refractivity contribution in [1.29, 1.82) is 5.26 Å². The predicted octanol–water partition coefficient (Wildman–Crippen LogP) is 2.19. The minimum atomic E-state index is -0.656. The second-order valence-electron chi connectivity index (χ2n) is 5.34. The Hall–Kier alpha value is -3.70. The van der Waals surface area contributed by atoms with Crippen LogP contribution in [0.25, 0.3) is 0 Å². The second-order valence-corrected chi connectivity index (χ2v) is 5.34. The lowest BCUT2D eigenvalue weighted by molar-refractivity contribution is -0.384. The highest BCUT2D eigenvalue weighted by molar-refractivity contribution is 6.06. The topological polar surface area (TPSA) is 134 Å². The molecule has 8 nitrogen and oxygen atoms in total. The third-order valence-electron chi connectivity index (χ3n) is 3.46. The number of nitrogens with two attached hydrogens (primary N) is 1. The second kappa shape index (κ2) is 8.96. The summed E-state index contributed by atoms with van der Waals surface area (Å²) in [7, 11) is 0. The Morgan fingerprint density at radius 3 is 2.65 bits per heavy atom. The number of rotatable bonds is 7. The lowest BCUT2D eigenvalue weighted by atomic mass is 10.1. The Morgan fingerprint density at radius 1 is 1.23 bits per heavy atom. The van der Waals surface area contributed by atoms with E-state index >= 15 is 0 Å². The number of nitrogens with zero attached hydrogens (tertiary/aromatic N) is 2. The lowest BCUT2D eigenvalue weighted by Crippen LogP contribution is -2.16. The first kappa shape index (κ1) is 18.6. The predicted molar refractivity (Wildman–Crippen MR) is 96.6 cm³/mol. The zero-order valence-corrected chi connectivity index (χ0v) is 13.8. The van der Waals surface area contributed by atoms with E-state index in [2.05, 4.69) is 10.6 Å². The fraction of sp³-hybridized carbons (Fsp3) is 0.111. The van der Waals surface area contributed by atoms with Crippen LogP contribution in [-0.4, -0.2) is 10.8 Å². The van der Waals surface area contributed by atoms with Crippen LogP contribution >= 0.6 is 0 Å². The molecule has 26 heavy (non-hydrogen) atoms. The summed E-state index contributed by atoms with van der Waals surface area (Å²) >= 11 is 0. The summed E-state index contributed by atoms with van der Waals surface area (Å²) in [4.78, 5) is 22.3. The van der Waals surface area contributed by atoms with E-state index in [4.69, 9.17) is 11.0 Å². The van der Waals surface area contributed by atoms with E-state index in [1.807, 2.05) is 24.3 Å². The molecule has 0 aliphatic carbocycles. The summed E-state index contributed by atoms with van der Waals surface area (Å²) < 4.78 is 0. The van der Waals surface area contributed by atoms with Gasteiger partial charge in [0.2, 0.25) is 0 Å². The fourth-order valence-electron chi connectivity index (χ4n) is 2.18. The van der Waals surface area contributed by atoms with Crippen LogP contribution in [0.3, 0.4) is 0 Å². The molecule has 8 heteroatoms. The molecule has 1 amide bonds. The molecular weight excluding hydrogens is 334 g/mol. The fourth-order valence-corrected chi connectivity index (χ4v) is 2.18. The molecule has 0 radical (unpaired) electrons. The molecule has 0 spiro atoms. The van der Waals surface area contributed by atoms with Crippen molar-refractivity contribution in [3.05, 3.63) is 81.5 Å². The van der Waals surface area contributed by atoms with Crippen LogP contribution in [0, 0.1) is 21.4 Å². The van der Waals surface area contributed by atoms with Crippen LogP contribution in [0.2, 0.25) is 0 Å². The van der Waals surface area contributed by atoms with Gasteiger partial charge in [-0.15, -0.1) is 0 Å². The monoisotopic (exact) mass is 351 g/mol. The van der Waals surface area contributed by atoms with Crippen molar-refractivity contribution < 1.29 is 9.72 Å². The van der Waals surface area contributed by atoms with Crippen LogP contribution < -0.4 is 16.4 Å². The van der Waals surface area contributed by atoms with Crippen molar-refractivity contribution in [2.45, 2.75) is 13.1 Å². The number of anilines is 1. The number of carbonyl (C=O) groups excluding carboxylic acids is 1. The molecule has 2 aromatic carbocycles. The minimum Gasteiger partial charge on any atom is -0.386 e. The van der Waals surface area contributed by atoms with Crippen LogP contribution in [-0.2, 0) is 17.9 Å². The molecule has 2 aromatic rings. The first-order chi connectivity index (χ1) is 12.5. The molecule has 132 valence electrons.